The molecule has 3 N–H and O–H groups in total. The predicted molar refractivity (Wildman–Crippen MR) is 143 cm³/mol. The first-order valence-electron chi connectivity index (χ1n) is 12.8. The van der Waals surface area contributed by atoms with Crippen LogP contribution in [0.25, 0.3) is 11.1 Å². The SMILES string of the molecule is CCN1CCC2(CC1)c1ccc(-c3cccc(C#N)c3)cc1CCN2CC(=O)Nc1cc(O)cc(O)c1. The van der Waals surface area contributed by atoms with E-state index >= 15 is 0 Å². The number of fused-ring (bicyclic) bond motifs is 2. The molecule has 3 aromatic carbocycles. The van der Waals surface area contributed by atoms with Crippen molar-refractivity contribution in [3.63, 3.8) is 0 Å². The molecule has 0 saturated carbocycles. The Labute approximate surface area is 217 Å². The number of phenols is 2. The third kappa shape index (κ3) is 5.04. The van der Waals surface area contributed by atoms with Crippen LogP contribution in [0.5, 0.6) is 11.5 Å². The number of piperidine rings is 1. The van der Waals surface area contributed by atoms with E-state index in [0.29, 0.717) is 11.3 Å². The summed E-state index contributed by atoms with van der Waals surface area (Å²) in [5.74, 6) is -0.362. The zero-order valence-electron chi connectivity index (χ0n) is 21.1. The van der Waals surface area contributed by atoms with E-state index in [1.807, 2.05) is 24.3 Å². The van der Waals surface area contributed by atoms with E-state index in [1.165, 1.54) is 29.3 Å². The van der Waals surface area contributed by atoms with E-state index in [1.54, 1.807) is 0 Å². The molecule has 37 heavy (non-hydrogen) atoms. The van der Waals surface area contributed by atoms with Gasteiger partial charge in [0.15, 0.2) is 0 Å². The maximum Gasteiger partial charge on any atom is 0.238 e. The van der Waals surface area contributed by atoms with Crippen LogP contribution in [0.4, 0.5) is 5.69 Å². The summed E-state index contributed by atoms with van der Waals surface area (Å²) in [6.07, 6.45) is 2.72. The number of likely N-dealkylation sites (tertiary alicyclic amines) is 1. The van der Waals surface area contributed by atoms with Gasteiger partial charge in [-0.15, -0.1) is 0 Å². The third-order valence-corrected chi connectivity index (χ3v) is 7.84. The highest BCUT2D eigenvalue weighted by atomic mass is 16.3. The summed E-state index contributed by atoms with van der Waals surface area (Å²) in [6, 6.07) is 20.6. The topological polar surface area (TPSA) is 99.8 Å². The minimum atomic E-state index is -0.232. The summed E-state index contributed by atoms with van der Waals surface area (Å²) in [6.45, 7) is 6.14. The Bertz CT molecular complexity index is 1330. The zero-order valence-corrected chi connectivity index (χ0v) is 21.1. The van der Waals surface area contributed by atoms with Gasteiger partial charge >= 0.3 is 0 Å². The molecular formula is C30H32N4O3. The summed E-state index contributed by atoms with van der Waals surface area (Å²) in [7, 11) is 0. The van der Waals surface area contributed by atoms with Crippen molar-refractivity contribution in [1.82, 2.24) is 9.80 Å². The van der Waals surface area contributed by atoms with E-state index in [-0.39, 0.29) is 29.5 Å². The van der Waals surface area contributed by atoms with Crippen molar-refractivity contribution in [2.24, 2.45) is 0 Å². The van der Waals surface area contributed by atoms with Gasteiger partial charge in [-0.05, 0) is 60.2 Å². The van der Waals surface area contributed by atoms with E-state index in [4.69, 9.17) is 0 Å². The number of rotatable bonds is 5. The molecule has 0 unspecified atom stereocenters. The van der Waals surface area contributed by atoms with Crippen LogP contribution in [0, 0.1) is 11.3 Å². The number of phenolic OH excluding ortho intramolecular Hbond substituents is 2. The first kappa shape index (κ1) is 24.8. The average Bonchev–Trinajstić information content (AvgIpc) is 2.90. The first-order chi connectivity index (χ1) is 17.9. The second-order valence-corrected chi connectivity index (χ2v) is 9.99. The molecule has 0 atom stereocenters. The molecule has 2 aliphatic rings. The second kappa shape index (κ2) is 10.3. The van der Waals surface area contributed by atoms with E-state index < -0.39 is 0 Å². The van der Waals surface area contributed by atoms with E-state index in [9.17, 15) is 20.3 Å². The molecular weight excluding hydrogens is 464 g/mol. The Morgan fingerprint density at radius 2 is 1.73 bits per heavy atom. The molecule has 1 spiro atoms. The normalized spacial score (nSPS) is 17.2. The fourth-order valence-corrected chi connectivity index (χ4v) is 5.94. The number of carbonyl (C=O) groups excluding carboxylic acids is 1. The molecule has 0 aromatic heterocycles. The fourth-order valence-electron chi connectivity index (χ4n) is 5.94. The van der Waals surface area contributed by atoms with Crippen LogP contribution in [-0.4, -0.2) is 58.6 Å². The number of carbonyl (C=O) groups is 1. The van der Waals surface area contributed by atoms with Gasteiger partial charge in [0.25, 0.3) is 0 Å². The maximum atomic E-state index is 13.1. The largest absolute Gasteiger partial charge is 0.508 e. The number of nitrogens with one attached hydrogen (secondary N) is 1. The average molecular weight is 497 g/mol. The fraction of sp³-hybridized carbons (Fsp3) is 0.333. The van der Waals surface area contributed by atoms with Gasteiger partial charge in [0.1, 0.15) is 11.5 Å². The molecule has 2 aliphatic heterocycles. The Morgan fingerprint density at radius 3 is 2.43 bits per heavy atom. The predicted octanol–water partition coefficient (Wildman–Crippen LogP) is 4.44. The Kier molecular flexibility index (Phi) is 6.88. The molecule has 3 aromatic rings. The van der Waals surface area contributed by atoms with Crippen LogP contribution in [-0.2, 0) is 16.8 Å². The molecule has 0 radical (unpaired) electrons. The number of aromatic hydroxyl groups is 2. The van der Waals surface area contributed by atoms with Gasteiger partial charge in [0.05, 0.1) is 18.2 Å². The van der Waals surface area contributed by atoms with Crippen LogP contribution < -0.4 is 5.32 Å². The van der Waals surface area contributed by atoms with Crippen molar-refractivity contribution >= 4 is 11.6 Å². The second-order valence-electron chi connectivity index (χ2n) is 9.99. The van der Waals surface area contributed by atoms with Gasteiger partial charge in [-0.25, -0.2) is 0 Å². The quantitative estimate of drug-likeness (QED) is 0.483. The summed E-state index contributed by atoms with van der Waals surface area (Å²) in [4.78, 5) is 17.9. The molecule has 7 heteroatoms. The number of anilines is 1. The molecule has 5 rings (SSSR count). The van der Waals surface area contributed by atoms with Gasteiger partial charge in [0, 0.05) is 49.1 Å². The number of amides is 1. The Morgan fingerprint density at radius 1 is 1.00 bits per heavy atom. The van der Waals surface area contributed by atoms with E-state index in [0.717, 1.165) is 56.6 Å². The maximum absolute atomic E-state index is 13.1. The highest BCUT2D eigenvalue weighted by Crippen LogP contribution is 2.44. The standard InChI is InChI=1S/C30H32N4O3/c1-2-33-12-9-30(10-13-33)28-7-6-23(22-5-3-4-21(14-22)19-31)15-24(28)8-11-34(30)20-29(37)32-25-16-26(35)18-27(36)17-25/h3-7,14-18,35-36H,2,8-13,20H2,1H3,(H,32,37). The molecule has 2 heterocycles. The van der Waals surface area contributed by atoms with Gasteiger partial charge in [-0.1, -0.05) is 37.3 Å². The first-order valence-corrected chi connectivity index (χ1v) is 12.8. The van der Waals surface area contributed by atoms with Crippen LogP contribution in [0.3, 0.4) is 0 Å². The lowest BCUT2D eigenvalue weighted by molar-refractivity contribution is -0.120. The monoisotopic (exact) mass is 496 g/mol. The minimum Gasteiger partial charge on any atom is -0.508 e. The van der Waals surface area contributed by atoms with Crippen molar-refractivity contribution in [3.05, 3.63) is 77.4 Å². The summed E-state index contributed by atoms with van der Waals surface area (Å²) >= 11 is 0. The zero-order chi connectivity index (χ0) is 26.0. The number of benzene rings is 3. The van der Waals surface area contributed by atoms with Gasteiger partial charge in [-0.3, -0.25) is 9.69 Å². The minimum absolute atomic E-state index is 0.0956. The highest BCUT2D eigenvalue weighted by molar-refractivity contribution is 5.92. The number of hydrogen-bond donors (Lipinski definition) is 3. The highest BCUT2D eigenvalue weighted by Gasteiger charge is 2.45. The molecule has 7 nitrogen and oxygen atoms in total. The van der Waals surface area contributed by atoms with Crippen molar-refractivity contribution in [2.75, 3.05) is 38.0 Å². The third-order valence-electron chi connectivity index (χ3n) is 7.84. The lowest BCUT2D eigenvalue weighted by Crippen LogP contribution is -2.57. The summed E-state index contributed by atoms with van der Waals surface area (Å²) < 4.78 is 0. The van der Waals surface area contributed by atoms with Crippen molar-refractivity contribution in [1.29, 1.82) is 5.26 Å². The van der Waals surface area contributed by atoms with Crippen LogP contribution in [0.15, 0.2) is 60.7 Å². The van der Waals surface area contributed by atoms with Crippen LogP contribution >= 0.6 is 0 Å². The molecule has 1 fully saturated rings. The molecule has 190 valence electrons. The van der Waals surface area contributed by atoms with Crippen LogP contribution in [0.2, 0.25) is 0 Å². The molecule has 0 aliphatic carbocycles. The molecule has 0 bridgehead atoms. The smallest absolute Gasteiger partial charge is 0.238 e. The van der Waals surface area contributed by atoms with Gasteiger partial charge in [0.2, 0.25) is 5.91 Å². The van der Waals surface area contributed by atoms with Crippen molar-refractivity contribution in [3.8, 4) is 28.7 Å². The molecule has 1 amide bonds. The number of nitrogens with zero attached hydrogens (tertiary/aromatic N) is 3. The number of hydrogen-bond acceptors (Lipinski definition) is 6. The summed E-state index contributed by atoms with van der Waals surface area (Å²) in [5.41, 5.74) is 5.52. The lowest BCUT2D eigenvalue weighted by atomic mass is 9.73. The van der Waals surface area contributed by atoms with Crippen molar-refractivity contribution < 1.29 is 15.0 Å². The summed E-state index contributed by atoms with van der Waals surface area (Å²) in [5, 5.41) is 31.7. The van der Waals surface area contributed by atoms with Crippen molar-refractivity contribution in [2.45, 2.75) is 31.7 Å². The van der Waals surface area contributed by atoms with E-state index in [2.05, 4.69) is 46.3 Å². The van der Waals surface area contributed by atoms with Gasteiger partial charge < -0.3 is 20.4 Å². The van der Waals surface area contributed by atoms with Gasteiger partial charge in [-0.2, -0.15) is 5.26 Å². The number of nitriles is 1. The Balaban J connectivity index is 1.44. The lowest BCUT2D eigenvalue weighted by Gasteiger charge is -2.52. The molecule has 1 saturated heterocycles. The Hall–Kier alpha value is -3.86. The van der Waals surface area contributed by atoms with Crippen LogP contribution in [0.1, 0.15) is 36.5 Å².